The molecular formula is C29H29N3O2. The molecule has 5 nitrogen and oxygen atoms in total. The lowest BCUT2D eigenvalue weighted by Gasteiger charge is -2.37. The highest BCUT2D eigenvalue weighted by Gasteiger charge is 2.34. The van der Waals surface area contributed by atoms with E-state index >= 15 is 0 Å². The SMILES string of the molecule is Cc1ccccc1C(NC(=O)c1ccc2[nH]cc(-c3ccc(N4CC(O)C4)cc3)c2c1)C1CC1. The van der Waals surface area contributed by atoms with E-state index in [1.807, 2.05) is 30.5 Å². The van der Waals surface area contributed by atoms with Crippen molar-refractivity contribution in [2.24, 2.45) is 5.92 Å². The maximum absolute atomic E-state index is 13.3. The van der Waals surface area contributed by atoms with Crippen LogP contribution in [0.2, 0.25) is 0 Å². The number of benzene rings is 3. The Labute approximate surface area is 199 Å². The molecule has 3 aromatic carbocycles. The van der Waals surface area contributed by atoms with Gasteiger partial charge in [0.15, 0.2) is 0 Å². The number of rotatable bonds is 6. The molecular weight excluding hydrogens is 422 g/mol. The summed E-state index contributed by atoms with van der Waals surface area (Å²) in [6.45, 7) is 3.49. The Morgan fingerprint density at radius 3 is 2.53 bits per heavy atom. The van der Waals surface area contributed by atoms with Crippen LogP contribution in [0.4, 0.5) is 5.69 Å². The molecule has 1 amide bonds. The van der Waals surface area contributed by atoms with E-state index in [0.717, 1.165) is 40.6 Å². The molecule has 6 rings (SSSR count). The fraction of sp³-hybridized carbons (Fsp3) is 0.276. The van der Waals surface area contributed by atoms with E-state index in [2.05, 4.69) is 64.6 Å². The lowest BCUT2D eigenvalue weighted by Crippen LogP contribution is -2.50. The third kappa shape index (κ3) is 3.86. The molecule has 2 heterocycles. The normalized spacial score (nSPS) is 16.9. The van der Waals surface area contributed by atoms with Crippen LogP contribution in [0.5, 0.6) is 0 Å². The summed E-state index contributed by atoms with van der Waals surface area (Å²) in [5.74, 6) is 0.489. The zero-order valence-corrected chi connectivity index (χ0v) is 19.3. The number of carbonyl (C=O) groups is 1. The molecule has 0 spiro atoms. The van der Waals surface area contributed by atoms with Crippen molar-refractivity contribution >= 4 is 22.5 Å². The van der Waals surface area contributed by atoms with E-state index in [1.165, 1.54) is 11.1 Å². The first-order valence-electron chi connectivity index (χ1n) is 12.1. The molecule has 0 bridgehead atoms. The summed E-state index contributed by atoms with van der Waals surface area (Å²) in [5.41, 5.74) is 7.44. The molecule has 172 valence electrons. The van der Waals surface area contributed by atoms with Crippen LogP contribution in [0.1, 0.15) is 40.4 Å². The van der Waals surface area contributed by atoms with Gasteiger partial charge in [-0.15, -0.1) is 0 Å². The maximum atomic E-state index is 13.3. The van der Waals surface area contributed by atoms with Gasteiger partial charge >= 0.3 is 0 Å². The maximum Gasteiger partial charge on any atom is 0.251 e. The van der Waals surface area contributed by atoms with Gasteiger partial charge in [-0.25, -0.2) is 0 Å². The number of aromatic nitrogens is 1. The van der Waals surface area contributed by atoms with E-state index in [1.54, 1.807) is 0 Å². The predicted molar refractivity (Wildman–Crippen MR) is 136 cm³/mol. The van der Waals surface area contributed by atoms with Gasteiger partial charge in [0.05, 0.1) is 12.1 Å². The minimum Gasteiger partial charge on any atom is -0.389 e. The molecule has 5 heteroatoms. The number of aromatic amines is 1. The van der Waals surface area contributed by atoms with E-state index < -0.39 is 0 Å². The quantitative estimate of drug-likeness (QED) is 0.377. The highest BCUT2D eigenvalue weighted by atomic mass is 16.3. The van der Waals surface area contributed by atoms with Crippen molar-refractivity contribution in [1.29, 1.82) is 0 Å². The van der Waals surface area contributed by atoms with Crippen molar-refractivity contribution in [3.63, 3.8) is 0 Å². The van der Waals surface area contributed by atoms with Crippen molar-refractivity contribution in [1.82, 2.24) is 10.3 Å². The van der Waals surface area contributed by atoms with Gasteiger partial charge in [0.2, 0.25) is 0 Å². The Kier molecular flexibility index (Phi) is 5.15. The first-order valence-corrected chi connectivity index (χ1v) is 12.1. The molecule has 0 radical (unpaired) electrons. The number of hydrogen-bond acceptors (Lipinski definition) is 3. The number of hydrogen-bond donors (Lipinski definition) is 3. The van der Waals surface area contributed by atoms with Crippen LogP contribution in [0.15, 0.2) is 72.9 Å². The lowest BCUT2D eigenvalue weighted by molar-refractivity contribution is 0.0931. The molecule has 1 atom stereocenters. The molecule has 2 aliphatic rings. The molecule has 1 saturated heterocycles. The van der Waals surface area contributed by atoms with Crippen molar-refractivity contribution in [2.45, 2.75) is 31.9 Å². The summed E-state index contributed by atoms with van der Waals surface area (Å²) in [5, 5.41) is 13.9. The van der Waals surface area contributed by atoms with E-state index in [4.69, 9.17) is 0 Å². The second-order valence-corrected chi connectivity index (χ2v) is 9.71. The number of anilines is 1. The molecule has 34 heavy (non-hydrogen) atoms. The number of carbonyl (C=O) groups excluding carboxylic acids is 1. The first-order chi connectivity index (χ1) is 16.6. The molecule has 2 fully saturated rings. The van der Waals surface area contributed by atoms with Gasteiger partial charge in [0.25, 0.3) is 5.91 Å². The molecule has 3 N–H and O–H groups in total. The predicted octanol–water partition coefficient (Wildman–Crippen LogP) is 5.21. The Morgan fingerprint density at radius 2 is 1.82 bits per heavy atom. The number of H-pyrrole nitrogens is 1. The fourth-order valence-corrected chi connectivity index (χ4v) is 5.06. The summed E-state index contributed by atoms with van der Waals surface area (Å²) in [6, 6.07) is 22.7. The van der Waals surface area contributed by atoms with Crippen molar-refractivity contribution in [3.8, 4) is 11.1 Å². The topological polar surface area (TPSA) is 68.4 Å². The first kappa shape index (κ1) is 21.0. The van der Waals surface area contributed by atoms with Gasteiger partial charge in [-0.1, -0.05) is 36.4 Å². The zero-order chi connectivity index (χ0) is 23.2. The Balaban J connectivity index is 1.27. The monoisotopic (exact) mass is 451 g/mol. The van der Waals surface area contributed by atoms with Gasteiger partial charge in [-0.2, -0.15) is 0 Å². The Bertz CT molecular complexity index is 1350. The number of β-amino-alcohol motifs (C(OH)–C–C–N with tert-alkyl or cyclic N) is 1. The summed E-state index contributed by atoms with van der Waals surface area (Å²) in [7, 11) is 0. The summed E-state index contributed by atoms with van der Waals surface area (Å²) in [4.78, 5) is 18.8. The van der Waals surface area contributed by atoms with Gasteiger partial charge in [-0.3, -0.25) is 4.79 Å². The smallest absolute Gasteiger partial charge is 0.251 e. The van der Waals surface area contributed by atoms with Crippen LogP contribution < -0.4 is 10.2 Å². The van der Waals surface area contributed by atoms with Crippen molar-refractivity contribution in [3.05, 3.63) is 89.6 Å². The average molecular weight is 452 g/mol. The largest absolute Gasteiger partial charge is 0.389 e. The van der Waals surface area contributed by atoms with Gasteiger partial charge in [0, 0.05) is 47.0 Å². The van der Waals surface area contributed by atoms with Gasteiger partial charge < -0.3 is 20.3 Å². The summed E-state index contributed by atoms with van der Waals surface area (Å²) < 4.78 is 0. The number of nitrogens with one attached hydrogen (secondary N) is 2. The molecule has 1 aromatic heterocycles. The second kappa shape index (κ2) is 8.33. The Morgan fingerprint density at radius 1 is 1.06 bits per heavy atom. The third-order valence-electron chi connectivity index (χ3n) is 7.25. The minimum atomic E-state index is -0.219. The van der Waals surface area contributed by atoms with E-state index in [9.17, 15) is 9.90 Å². The van der Waals surface area contributed by atoms with Crippen LogP contribution >= 0.6 is 0 Å². The van der Waals surface area contributed by atoms with Crippen LogP contribution in [-0.2, 0) is 0 Å². The minimum absolute atomic E-state index is 0.0270. The standard InChI is InChI=1S/C29H29N3O2/c1-18-4-2-3-5-24(18)28(20-6-7-20)31-29(34)21-10-13-27-25(14-21)26(15-30-27)19-8-11-22(12-9-19)32-16-23(33)17-32/h2-5,8-15,20,23,28,30,33H,6-7,16-17H2,1H3,(H,31,34). The highest BCUT2D eigenvalue weighted by Crippen LogP contribution is 2.42. The molecule has 1 saturated carbocycles. The van der Waals surface area contributed by atoms with Gasteiger partial charge in [-0.05, 0) is 72.7 Å². The molecule has 4 aromatic rings. The molecule has 1 aliphatic carbocycles. The number of amides is 1. The third-order valence-corrected chi connectivity index (χ3v) is 7.25. The van der Waals surface area contributed by atoms with Crippen LogP contribution in [-0.4, -0.2) is 35.2 Å². The summed E-state index contributed by atoms with van der Waals surface area (Å²) in [6.07, 6.45) is 4.11. The lowest BCUT2D eigenvalue weighted by atomic mass is 9.97. The van der Waals surface area contributed by atoms with Crippen molar-refractivity contribution in [2.75, 3.05) is 18.0 Å². The van der Waals surface area contributed by atoms with Crippen molar-refractivity contribution < 1.29 is 9.90 Å². The number of nitrogens with zero attached hydrogens (tertiary/aromatic N) is 1. The highest BCUT2D eigenvalue weighted by molar-refractivity contribution is 6.02. The fourth-order valence-electron chi connectivity index (χ4n) is 5.06. The van der Waals surface area contributed by atoms with E-state index in [-0.39, 0.29) is 18.1 Å². The second-order valence-electron chi connectivity index (χ2n) is 9.71. The number of fused-ring (bicyclic) bond motifs is 1. The van der Waals surface area contributed by atoms with E-state index in [0.29, 0.717) is 24.6 Å². The average Bonchev–Trinajstić information content (AvgIpc) is 3.59. The molecule has 1 unspecified atom stereocenters. The summed E-state index contributed by atoms with van der Waals surface area (Å²) >= 11 is 0. The number of aliphatic hydroxyl groups is 1. The van der Waals surface area contributed by atoms with Crippen LogP contribution in [0.3, 0.4) is 0 Å². The van der Waals surface area contributed by atoms with Crippen LogP contribution in [0, 0.1) is 12.8 Å². The number of aliphatic hydroxyl groups excluding tert-OH is 1. The Hall–Kier alpha value is -3.57. The van der Waals surface area contributed by atoms with Crippen LogP contribution in [0.25, 0.3) is 22.0 Å². The zero-order valence-electron chi connectivity index (χ0n) is 19.3. The number of aryl methyl sites for hydroxylation is 1. The molecule has 1 aliphatic heterocycles. The van der Waals surface area contributed by atoms with Gasteiger partial charge in [0.1, 0.15) is 0 Å².